The van der Waals surface area contributed by atoms with Crippen molar-refractivity contribution in [2.75, 3.05) is 0 Å². The van der Waals surface area contributed by atoms with Gasteiger partial charge in [-0.05, 0) is 40.4 Å². The van der Waals surface area contributed by atoms with Crippen molar-refractivity contribution in [3.8, 4) is 0 Å². The van der Waals surface area contributed by atoms with Crippen molar-refractivity contribution in [2.24, 2.45) is 5.84 Å². The highest BCUT2D eigenvalue weighted by Crippen LogP contribution is 2.31. The molecule has 0 radical (unpaired) electrons. The zero-order valence-corrected chi connectivity index (χ0v) is 12.9. The Bertz CT molecular complexity index is 718. The fraction of sp³-hybridized carbons (Fsp3) is 0.235. The molecule has 0 aliphatic heterocycles. The maximum absolute atomic E-state index is 5.79. The summed E-state index contributed by atoms with van der Waals surface area (Å²) >= 11 is 1.76. The zero-order valence-electron chi connectivity index (χ0n) is 12.0. The minimum absolute atomic E-state index is 0.0844. The van der Waals surface area contributed by atoms with Crippen LogP contribution < -0.4 is 11.3 Å². The molecular weight excluding hydrogens is 278 g/mol. The summed E-state index contributed by atoms with van der Waals surface area (Å²) in [6.07, 6.45) is 3.76. The summed E-state index contributed by atoms with van der Waals surface area (Å²) in [5.41, 5.74) is 6.51. The number of aryl methyl sites for hydroxylation is 1. The lowest BCUT2D eigenvalue weighted by molar-refractivity contribution is 0.550. The van der Waals surface area contributed by atoms with Crippen LogP contribution in [0.1, 0.15) is 29.8 Å². The largest absolute Gasteiger partial charge is 0.271 e. The first kappa shape index (κ1) is 14.2. The van der Waals surface area contributed by atoms with Crippen molar-refractivity contribution < 1.29 is 0 Å². The zero-order chi connectivity index (χ0) is 14.7. The molecule has 2 aromatic heterocycles. The molecule has 0 saturated carbocycles. The Morgan fingerprint density at radius 1 is 1.24 bits per heavy atom. The van der Waals surface area contributed by atoms with E-state index in [1.165, 1.54) is 21.2 Å². The predicted molar refractivity (Wildman–Crippen MR) is 89.2 cm³/mol. The average Bonchev–Trinajstić information content (AvgIpc) is 2.97. The Morgan fingerprint density at radius 2 is 2.10 bits per heavy atom. The number of nitrogens with zero attached hydrogens (tertiary/aromatic N) is 1. The Labute approximate surface area is 128 Å². The normalized spacial score (nSPS) is 12.7. The van der Waals surface area contributed by atoms with Crippen molar-refractivity contribution in [1.82, 2.24) is 10.4 Å². The highest BCUT2D eigenvalue weighted by atomic mass is 32.1. The van der Waals surface area contributed by atoms with Gasteiger partial charge in [0.1, 0.15) is 0 Å². The van der Waals surface area contributed by atoms with Crippen LogP contribution in [0.2, 0.25) is 0 Å². The second-order valence-corrected chi connectivity index (χ2v) is 6.03. The van der Waals surface area contributed by atoms with Crippen LogP contribution in [0.3, 0.4) is 0 Å². The van der Waals surface area contributed by atoms with Gasteiger partial charge in [-0.3, -0.25) is 16.3 Å². The van der Waals surface area contributed by atoms with E-state index in [-0.39, 0.29) is 6.04 Å². The smallest absolute Gasteiger partial charge is 0.0529 e. The number of nitrogens with two attached hydrogens (primary N) is 1. The van der Waals surface area contributed by atoms with Gasteiger partial charge < -0.3 is 0 Å². The van der Waals surface area contributed by atoms with Crippen LogP contribution in [0.25, 0.3) is 10.1 Å². The second kappa shape index (κ2) is 6.35. The Balaban J connectivity index is 1.87. The number of pyridine rings is 1. The van der Waals surface area contributed by atoms with Crippen LogP contribution in [0, 0.1) is 0 Å². The van der Waals surface area contributed by atoms with Gasteiger partial charge in [-0.1, -0.05) is 31.2 Å². The first-order chi connectivity index (χ1) is 10.3. The number of benzene rings is 1. The van der Waals surface area contributed by atoms with Gasteiger partial charge >= 0.3 is 0 Å². The van der Waals surface area contributed by atoms with Crippen molar-refractivity contribution in [2.45, 2.75) is 25.8 Å². The molecule has 3 N–H and O–H groups in total. The van der Waals surface area contributed by atoms with E-state index in [1.54, 1.807) is 11.3 Å². The van der Waals surface area contributed by atoms with Gasteiger partial charge in [0.25, 0.3) is 0 Å². The molecule has 1 aromatic carbocycles. The molecule has 108 valence electrons. The topological polar surface area (TPSA) is 50.9 Å². The van der Waals surface area contributed by atoms with E-state index < -0.39 is 0 Å². The summed E-state index contributed by atoms with van der Waals surface area (Å²) in [6, 6.07) is 12.8. The molecule has 4 heteroatoms. The first-order valence-electron chi connectivity index (χ1n) is 7.18. The molecule has 0 amide bonds. The number of aromatic nitrogens is 1. The highest BCUT2D eigenvalue weighted by Gasteiger charge is 2.15. The summed E-state index contributed by atoms with van der Waals surface area (Å²) in [5, 5.41) is 3.46. The van der Waals surface area contributed by atoms with Crippen molar-refractivity contribution in [3.05, 3.63) is 64.8 Å². The van der Waals surface area contributed by atoms with Crippen molar-refractivity contribution in [3.63, 3.8) is 0 Å². The minimum Gasteiger partial charge on any atom is -0.271 e. The molecule has 0 aliphatic rings. The predicted octanol–water partition coefficient (Wildman–Crippen LogP) is 3.61. The molecule has 3 aromatic rings. The van der Waals surface area contributed by atoms with E-state index in [9.17, 15) is 0 Å². The lowest BCUT2D eigenvalue weighted by Gasteiger charge is -2.15. The minimum atomic E-state index is 0.0844. The molecule has 1 atom stereocenters. The van der Waals surface area contributed by atoms with Crippen LogP contribution in [0.5, 0.6) is 0 Å². The Morgan fingerprint density at radius 3 is 2.81 bits per heavy atom. The average molecular weight is 297 g/mol. The van der Waals surface area contributed by atoms with Crippen LogP contribution in [-0.4, -0.2) is 4.98 Å². The molecule has 3 nitrogen and oxygen atoms in total. The summed E-state index contributed by atoms with van der Waals surface area (Å²) in [4.78, 5) is 4.54. The van der Waals surface area contributed by atoms with Gasteiger partial charge in [0.15, 0.2) is 0 Å². The van der Waals surface area contributed by atoms with Crippen LogP contribution in [0.15, 0.2) is 48.0 Å². The van der Waals surface area contributed by atoms with Gasteiger partial charge in [0.05, 0.1) is 6.04 Å². The van der Waals surface area contributed by atoms with E-state index >= 15 is 0 Å². The lowest BCUT2D eigenvalue weighted by atomic mass is 10.0. The van der Waals surface area contributed by atoms with E-state index in [2.05, 4.69) is 59.1 Å². The lowest BCUT2D eigenvalue weighted by Crippen LogP contribution is -2.29. The van der Waals surface area contributed by atoms with Gasteiger partial charge in [0.2, 0.25) is 0 Å². The molecule has 21 heavy (non-hydrogen) atoms. The maximum atomic E-state index is 5.79. The SMILES string of the molecule is CCc1ccc(CC(NN)c2csc3ccccc23)nc1. The van der Waals surface area contributed by atoms with E-state index in [0.717, 1.165) is 18.5 Å². The molecular formula is C17H19N3S. The number of hydrazine groups is 1. The standard InChI is InChI=1S/C17H19N3S/c1-2-12-7-8-13(19-10-12)9-16(20-18)15-11-21-17-6-4-3-5-14(15)17/h3-8,10-11,16,20H,2,9,18H2,1H3. The number of fused-ring (bicyclic) bond motifs is 1. The molecule has 3 rings (SSSR count). The highest BCUT2D eigenvalue weighted by molar-refractivity contribution is 7.17. The molecule has 0 saturated heterocycles. The van der Waals surface area contributed by atoms with Crippen molar-refractivity contribution in [1.29, 1.82) is 0 Å². The quantitative estimate of drug-likeness (QED) is 0.559. The molecule has 2 heterocycles. The fourth-order valence-electron chi connectivity index (χ4n) is 2.52. The van der Waals surface area contributed by atoms with E-state index in [4.69, 9.17) is 5.84 Å². The van der Waals surface area contributed by atoms with Gasteiger partial charge in [0, 0.05) is 23.0 Å². The summed E-state index contributed by atoms with van der Waals surface area (Å²) < 4.78 is 1.29. The third-order valence-corrected chi connectivity index (χ3v) is 4.78. The van der Waals surface area contributed by atoms with E-state index in [1.807, 2.05) is 6.20 Å². The van der Waals surface area contributed by atoms with Gasteiger partial charge in [-0.15, -0.1) is 11.3 Å². The summed E-state index contributed by atoms with van der Waals surface area (Å²) in [6.45, 7) is 2.14. The summed E-state index contributed by atoms with van der Waals surface area (Å²) in [7, 11) is 0. The van der Waals surface area contributed by atoms with Gasteiger partial charge in [-0.25, -0.2) is 0 Å². The van der Waals surface area contributed by atoms with Crippen LogP contribution in [-0.2, 0) is 12.8 Å². The number of nitrogens with one attached hydrogen (secondary N) is 1. The molecule has 0 aliphatic carbocycles. The molecule has 0 spiro atoms. The number of hydrogen-bond donors (Lipinski definition) is 2. The van der Waals surface area contributed by atoms with Crippen molar-refractivity contribution >= 4 is 21.4 Å². The number of hydrogen-bond acceptors (Lipinski definition) is 4. The van der Waals surface area contributed by atoms with Crippen LogP contribution >= 0.6 is 11.3 Å². The monoisotopic (exact) mass is 297 g/mol. The second-order valence-electron chi connectivity index (χ2n) is 5.12. The Kier molecular flexibility index (Phi) is 4.29. The molecule has 0 bridgehead atoms. The number of thiophene rings is 1. The maximum Gasteiger partial charge on any atom is 0.0529 e. The van der Waals surface area contributed by atoms with Crippen LogP contribution in [0.4, 0.5) is 0 Å². The molecule has 0 fully saturated rings. The summed E-state index contributed by atoms with van der Waals surface area (Å²) in [5.74, 6) is 5.79. The third kappa shape index (κ3) is 2.97. The van der Waals surface area contributed by atoms with Gasteiger partial charge in [-0.2, -0.15) is 0 Å². The van der Waals surface area contributed by atoms with E-state index in [0.29, 0.717) is 0 Å². The molecule has 1 unspecified atom stereocenters. The third-order valence-electron chi connectivity index (χ3n) is 3.80. The fourth-order valence-corrected chi connectivity index (χ4v) is 3.54. The Hall–Kier alpha value is -1.75. The number of rotatable bonds is 5. The first-order valence-corrected chi connectivity index (χ1v) is 8.06.